The number of rotatable bonds is 8. The summed E-state index contributed by atoms with van der Waals surface area (Å²) in [6.45, 7) is 4.05. The number of nitrogens with zero attached hydrogens (tertiary/aromatic N) is 2. The lowest BCUT2D eigenvalue weighted by atomic mass is 9.95. The molecule has 1 unspecified atom stereocenters. The number of sulfonamides is 1. The minimum absolute atomic E-state index is 0.200. The number of benzene rings is 2. The van der Waals surface area contributed by atoms with E-state index in [0.29, 0.717) is 23.2 Å². The predicted molar refractivity (Wildman–Crippen MR) is 118 cm³/mol. The summed E-state index contributed by atoms with van der Waals surface area (Å²) in [4.78, 5) is 8.35. The van der Waals surface area contributed by atoms with E-state index in [0.717, 1.165) is 10.8 Å². The molecule has 0 radical (unpaired) electrons. The number of hydrogen-bond acceptors (Lipinski definition) is 7. The van der Waals surface area contributed by atoms with E-state index in [1.165, 1.54) is 6.39 Å². The summed E-state index contributed by atoms with van der Waals surface area (Å²) in [5, 5.41) is 15.7. The molecule has 9 heteroatoms. The molecule has 0 bridgehead atoms. The van der Waals surface area contributed by atoms with Gasteiger partial charge in [-0.25, -0.2) is 18.1 Å². The van der Waals surface area contributed by atoms with Crippen LogP contribution >= 0.6 is 0 Å². The topological polar surface area (TPSA) is 117 Å². The first-order valence-corrected chi connectivity index (χ1v) is 11.4. The molecule has 0 aliphatic rings. The Morgan fingerprint density at radius 1 is 1.16 bits per heavy atom. The van der Waals surface area contributed by atoms with Gasteiger partial charge in [0.05, 0.1) is 10.5 Å². The highest BCUT2D eigenvalue weighted by Crippen LogP contribution is 2.24. The summed E-state index contributed by atoms with van der Waals surface area (Å²) in [6, 6.07) is 11.7. The van der Waals surface area contributed by atoms with Crippen molar-refractivity contribution in [2.45, 2.75) is 30.4 Å². The van der Waals surface area contributed by atoms with E-state index in [-0.39, 0.29) is 17.5 Å². The Labute approximate surface area is 180 Å². The maximum Gasteiger partial charge on any atom is 0.240 e. The summed E-state index contributed by atoms with van der Waals surface area (Å²) in [5.41, 5.74) is 0.865. The second kappa shape index (κ2) is 8.35. The Bertz CT molecular complexity index is 1320. The van der Waals surface area contributed by atoms with Gasteiger partial charge in [-0.1, -0.05) is 12.1 Å². The fourth-order valence-corrected chi connectivity index (χ4v) is 4.71. The Balaban J connectivity index is 1.36. The number of nitrogens with one attached hydrogen (secondary N) is 2. The zero-order valence-electron chi connectivity index (χ0n) is 17.2. The van der Waals surface area contributed by atoms with Gasteiger partial charge < -0.3 is 14.8 Å². The first-order chi connectivity index (χ1) is 14.7. The van der Waals surface area contributed by atoms with Crippen molar-refractivity contribution in [1.29, 1.82) is 0 Å². The van der Waals surface area contributed by atoms with Gasteiger partial charge in [0.15, 0.2) is 12.0 Å². The first kappa shape index (κ1) is 21.4. The van der Waals surface area contributed by atoms with Crippen molar-refractivity contribution in [3.63, 3.8) is 0 Å². The maximum absolute atomic E-state index is 12.7. The van der Waals surface area contributed by atoms with Gasteiger partial charge in [0.1, 0.15) is 5.52 Å². The van der Waals surface area contributed by atoms with Crippen LogP contribution in [0, 0.1) is 0 Å². The lowest BCUT2D eigenvalue weighted by molar-refractivity contribution is 0.0569. The van der Waals surface area contributed by atoms with Crippen molar-refractivity contribution < 1.29 is 17.9 Å². The monoisotopic (exact) mass is 440 g/mol. The van der Waals surface area contributed by atoms with Gasteiger partial charge >= 0.3 is 0 Å². The maximum atomic E-state index is 12.7. The fraction of sp³-hybridized carbons (Fsp3) is 0.273. The second-order valence-electron chi connectivity index (χ2n) is 7.85. The number of aliphatic hydroxyl groups is 1. The number of hydrogen-bond donors (Lipinski definition) is 3. The third-order valence-electron chi connectivity index (χ3n) is 5.15. The molecule has 0 aliphatic carbocycles. The third-order valence-corrected chi connectivity index (χ3v) is 6.74. The van der Waals surface area contributed by atoms with Crippen LogP contribution in [0.25, 0.3) is 21.9 Å². The van der Waals surface area contributed by atoms with E-state index in [1.54, 1.807) is 68.7 Å². The van der Waals surface area contributed by atoms with Crippen molar-refractivity contribution in [1.82, 2.24) is 20.0 Å². The van der Waals surface area contributed by atoms with Crippen molar-refractivity contribution in [2.24, 2.45) is 0 Å². The summed E-state index contributed by atoms with van der Waals surface area (Å²) in [7, 11) is -3.68. The molecule has 31 heavy (non-hydrogen) atoms. The van der Waals surface area contributed by atoms with E-state index >= 15 is 0 Å². The summed E-state index contributed by atoms with van der Waals surface area (Å²) >= 11 is 0. The Morgan fingerprint density at radius 2 is 2.00 bits per heavy atom. The molecular formula is C22H24N4O4S. The SMILES string of the molecule is CC(CNC[C@](C)(O)c1ccc2ocnc2c1)NS(=O)(=O)c1ccc2cnccc2c1. The number of fused-ring (bicyclic) bond motifs is 2. The van der Waals surface area contributed by atoms with E-state index < -0.39 is 15.6 Å². The van der Waals surface area contributed by atoms with Gasteiger partial charge in [0, 0.05) is 36.9 Å². The molecule has 0 amide bonds. The molecule has 2 heterocycles. The van der Waals surface area contributed by atoms with Crippen LogP contribution in [0.1, 0.15) is 19.4 Å². The number of pyridine rings is 1. The quantitative estimate of drug-likeness (QED) is 0.385. The van der Waals surface area contributed by atoms with Crippen molar-refractivity contribution in [3.8, 4) is 0 Å². The largest absolute Gasteiger partial charge is 0.443 e. The van der Waals surface area contributed by atoms with Crippen molar-refractivity contribution >= 4 is 31.9 Å². The molecule has 2 aromatic heterocycles. The smallest absolute Gasteiger partial charge is 0.240 e. The van der Waals surface area contributed by atoms with Crippen LogP contribution in [-0.2, 0) is 15.6 Å². The lowest BCUT2D eigenvalue weighted by Gasteiger charge is -2.25. The normalized spacial score (nSPS) is 15.2. The zero-order chi connectivity index (χ0) is 22.1. The predicted octanol–water partition coefficient (Wildman–Crippen LogP) is 2.54. The van der Waals surface area contributed by atoms with Crippen LogP contribution in [0.5, 0.6) is 0 Å². The second-order valence-corrected chi connectivity index (χ2v) is 9.56. The molecule has 0 saturated carbocycles. The molecule has 4 aromatic rings. The van der Waals surface area contributed by atoms with Gasteiger partial charge in [0.25, 0.3) is 0 Å². The van der Waals surface area contributed by atoms with Crippen LogP contribution in [0.3, 0.4) is 0 Å². The molecule has 162 valence electrons. The van der Waals surface area contributed by atoms with Crippen molar-refractivity contribution in [2.75, 3.05) is 13.1 Å². The summed E-state index contributed by atoms with van der Waals surface area (Å²) < 4.78 is 33.4. The highest BCUT2D eigenvalue weighted by atomic mass is 32.2. The number of oxazole rings is 1. The first-order valence-electron chi connectivity index (χ1n) is 9.87. The molecule has 4 rings (SSSR count). The fourth-order valence-electron chi connectivity index (χ4n) is 3.43. The Morgan fingerprint density at radius 3 is 2.84 bits per heavy atom. The van der Waals surface area contributed by atoms with E-state index in [2.05, 4.69) is 20.0 Å². The van der Waals surface area contributed by atoms with Crippen LogP contribution in [0.2, 0.25) is 0 Å². The molecule has 2 atom stereocenters. The molecule has 0 spiro atoms. The Kier molecular flexibility index (Phi) is 5.76. The molecule has 0 aliphatic heterocycles. The molecular weight excluding hydrogens is 416 g/mol. The highest BCUT2D eigenvalue weighted by Gasteiger charge is 2.24. The van der Waals surface area contributed by atoms with Gasteiger partial charge in [0.2, 0.25) is 10.0 Å². The highest BCUT2D eigenvalue weighted by molar-refractivity contribution is 7.89. The van der Waals surface area contributed by atoms with Gasteiger partial charge in [-0.3, -0.25) is 4.98 Å². The molecule has 0 fully saturated rings. The molecule has 0 saturated heterocycles. The van der Waals surface area contributed by atoms with Crippen LogP contribution < -0.4 is 10.0 Å². The standard InChI is InChI=1S/C22H24N4O4S/c1-15(26-31(28,29)19-5-3-17-12-23-8-7-16(17)9-19)11-24-13-22(2,27)18-4-6-21-20(10-18)25-14-30-21/h3-10,12,14-15,24,26-27H,11,13H2,1-2H3/t15?,22-/m0/s1. The minimum atomic E-state index is -3.68. The van der Waals surface area contributed by atoms with Crippen LogP contribution in [0.4, 0.5) is 0 Å². The zero-order valence-corrected chi connectivity index (χ0v) is 18.1. The van der Waals surface area contributed by atoms with Crippen LogP contribution in [0.15, 0.2) is 70.6 Å². The lowest BCUT2D eigenvalue weighted by Crippen LogP contribution is -2.44. The summed E-state index contributed by atoms with van der Waals surface area (Å²) in [6.07, 6.45) is 4.69. The van der Waals surface area contributed by atoms with E-state index in [9.17, 15) is 13.5 Å². The van der Waals surface area contributed by atoms with Crippen molar-refractivity contribution in [3.05, 3.63) is 66.8 Å². The number of aromatic nitrogens is 2. The Hall–Kier alpha value is -2.85. The van der Waals surface area contributed by atoms with Gasteiger partial charge in [-0.15, -0.1) is 0 Å². The average molecular weight is 441 g/mol. The molecule has 8 nitrogen and oxygen atoms in total. The van der Waals surface area contributed by atoms with Gasteiger partial charge in [-0.05, 0) is 55.1 Å². The minimum Gasteiger partial charge on any atom is -0.443 e. The van der Waals surface area contributed by atoms with E-state index in [4.69, 9.17) is 4.42 Å². The van der Waals surface area contributed by atoms with Crippen LogP contribution in [-0.4, -0.2) is 42.6 Å². The van der Waals surface area contributed by atoms with Gasteiger partial charge in [-0.2, -0.15) is 0 Å². The molecule has 3 N–H and O–H groups in total. The average Bonchev–Trinajstić information content (AvgIpc) is 3.21. The van der Waals surface area contributed by atoms with E-state index in [1.807, 2.05) is 0 Å². The third kappa shape index (κ3) is 4.75. The summed E-state index contributed by atoms with van der Waals surface area (Å²) in [5.74, 6) is 0. The molecule has 2 aromatic carbocycles.